The summed E-state index contributed by atoms with van der Waals surface area (Å²) in [7, 11) is -0.716. The van der Waals surface area contributed by atoms with Crippen LogP contribution in [0.4, 0.5) is 10.1 Å². The Morgan fingerprint density at radius 1 is 1.00 bits per heavy atom. The number of para-hydroxylation sites is 1. The maximum absolute atomic E-state index is 13.7. The van der Waals surface area contributed by atoms with Crippen LogP contribution in [0.5, 0.6) is 0 Å². The van der Waals surface area contributed by atoms with Gasteiger partial charge in [0.05, 0.1) is 27.7 Å². The molecule has 206 valence electrons. The highest BCUT2D eigenvalue weighted by atomic mass is 32.2. The van der Waals surface area contributed by atoms with Gasteiger partial charge in [-0.2, -0.15) is 0 Å². The van der Waals surface area contributed by atoms with Gasteiger partial charge >= 0.3 is 0 Å². The fourth-order valence-electron chi connectivity index (χ4n) is 4.66. The predicted molar refractivity (Wildman–Crippen MR) is 160 cm³/mol. The minimum atomic E-state index is -3.68. The molecule has 6 aromatic rings. The number of nitrogens with one attached hydrogen (secondary N) is 1. The summed E-state index contributed by atoms with van der Waals surface area (Å²) < 4.78 is 47.4. The van der Waals surface area contributed by atoms with E-state index >= 15 is 0 Å². The lowest BCUT2D eigenvalue weighted by atomic mass is 9.98. The first kappa shape index (κ1) is 26.6. The minimum absolute atomic E-state index is 0.241. The van der Waals surface area contributed by atoms with Crippen molar-refractivity contribution >= 4 is 54.1 Å². The molecule has 0 saturated carbocycles. The molecule has 3 aromatic carbocycles. The highest BCUT2D eigenvalue weighted by Gasteiger charge is 2.26. The van der Waals surface area contributed by atoms with E-state index in [1.165, 1.54) is 49.7 Å². The second-order valence-corrected chi connectivity index (χ2v) is 12.5. The van der Waals surface area contributed by atoms with Gasteiger partial charge in [0.25, 0.3) is 5.91 Å². The summed E-state index contributed by atoms with van der Waals surface area (Å²) in [5, 5.41) is 3.88. The molecule has 8 nitrogen and oxygen atoms in total. The van der Waals surface area contributed by atoms with Crippen molar-refractivity contribution in [2.75, 3.05) is 24.7 Å². The number of carbonyl (C=O) groups excluding carboxylic acids is 1. The number of halogens is 1. The van der Waals surface area contributed by atoms with Crippen LogP contribution in [-0.4, -0.2) is 44.6 Å². The molecule has 1 N–H and O–H groups in total. The number of rotatable bonds is 6. The van der Waals surface area contributed by atoms with Crippen LogP contribution in [-0.2, 0) is 10.0 Å². The van der Waals surface area contributed by atoms with E-state index in [9.17, 15) is 17.6 Å². The second-order valence-electron chi connectivity index (χ2n) is 9.44. The van der Waals surface area contributed by atoms with Crippen LogP contribution in [0.3, 0.4) is 0 Å². The Bertz CT molecular complexity index is 2040. The van der Waals surface area contributed by atoms with E-state index in [-0.39, 0.29) is 11.3 Å². The number of hydrogen-bond donors (Lipinski definition) is 1. The quantitative estimate of drug-likeness (QED) is 0.244. The van der Waals surface area contributed by atoms with Gasteiger partial charge in [-0.3, -0.25) is 14.1 Å². The molecule has 0 radical (unpaired) electrons. The summed E-state index contributed by atoms with van der Waals surface area (Å²) >= 11 is 1.53. The summed E-state index contributed by atoms with van der Waals surface area (Å²) in [5.41, 5.74) is 4.18. The molecule has 3 heterocycles. The molecule has 0 fully saturated rings. The maximum atomic E-state index is 13.7. The first-order chi connectivity index (χ1) is 19.6. The first-order valence-corrected chi connectivity index (χ1v) is 15.1. The van der Waals surface area contributed by atoms with Crippen molar-refractivity contribution in [2.24, 2.45) is 0 Å². The number of fused-ring (bicyclic) bond motifs is 2. The van der Waals surface area contributed by atoms with Gasteiger partial charge in [-0.25, -0.2) is 17.8 Å². The Balaban J connectivity index is 1.61. The van der Waals surface area contributed by atoms with Gasteiger partial charge in [0, 0.05) is 60.2 Å². The van der Waals surface area contributed by atoms with Gasteiger partial charge in [0.2, 0.25) is 10.0 Å². The Kier molecular flexibility index (Phi) is 6.55. The summed E-state index contributed by atoms with van der Waals surface area (Å²) in [6.45, 7) is 0. The van der Waals surface area contributed by atoms with Crippen LogP contribution in [0.2, 0.25) is 0 Å². The van der Waals surface area contributed by atoms with E-state index in [2.05, 4.69) is 10.3 Å². The largest absolute Gasteiger partial charge is 0.455 e. The molecule has 0 aliphatic rings. The van der Waals surface area contributed by atoms with Gasteiger partial charge in [-0.05, 0) is 48.5 Å². The molecular formula is C30H23FN4O4S2. The molecular weight excluding hydrogens is 563 g/mol. The average molecular weight is 587 g/mol. The van der Waals surface area contributed by atoms with Crippen LogP contribution in [0.1, 0.15) is 10.4 Å². The first-order valence-electron chi connectivity index (χ1n) is 12.5. The fraction of sp³-hybridized carbons (Fsp3) is 0.100. The van der Waals surface area contributed by atoms with Crippen molar-refractivity contribution in [1.82, 2.24) is 15.3 Å². The third-order valence-corrected chi connectivity index (χ3v) is 9.07. The van der Waals surface area contributed by atoms with Gasteiger partial charge < -0.3 is 9.73 Å². The van der Waals surface area contributed by atoms with Crippen LogP contribution in [0.25, 0.3) is 54.2 Å². The van der Waals surface area contributed by atoms with E-state index in [1.54, 1.807) is 24.5 Å². The second kappa shape index (κ2) is 10.1. The van der Waals surface area contributed by atoms with Gasteiger partial charge in [0.1, 0.15) is 22.2 Å². The molecule has 0 atom stereocenters. The van der Waals surface area contributed by atoms with E-state index in [4.69, 9.17) is 9.40 Å². The van der Waals surface area contributed by atoms with Crippen molar-refractivity contribution in [1.29, 1.82) is 0 Å². The number of aromatic nitrogens is 2. The summed E-state index contributed by atoms with van der Waals surface area (Å²) in [6, 6.07) is 18.7. The number of hydrogen-bond acceptors (Lipinski definition) is 7. The van der Waals surface area contributed by atoms with E-state index in [0.29, 0.717) is 33.3 Å². The van der Waals surface area contributed by atoms with Crippen molar-refractivity contribution in [2.45, 2.75) is 0 Å². The van der Waals surface area contributed by atoms with E-state index < -0.39 is 21.7 Å². The predicted octanol–water partition coefficient (Wildman–Crippen LogP) is 6.33. The maximum Gasteiger partial charge on any atom is 0.255 e. The highest BCUT2D eigenvalue weighted by molar-refractivity contribution is 7.92. The Morgan fingerprint density at radius 3 is 2.44 bits per heavy atom. The number of anilines is 1. The molecule has 1 amide bonds. The number of amides is 1. The lowest BCUT2D eigenvalue weighted by Crippen LogP contribution is -2.25. The Morgan fingerprint density at radius 2 is 1.73 bits per heavy atom. The average Bonchev–Trinajstić information content (AvgIpc) is 3.57. The van der Waals surface area contributed by atoms with Crippen molar-refractivity contribution < 1.29 is 22.0 Å². The molecule has 0 saturated heterocycles. The van der Waals surface area contributed by atoms with E-state index in [1.807, 2.05) is 30.3 Å². The van der Waals surface area contributed by atoms with Gasteiger partial charge in [-0.15, -0.1) is 11.3 Å². The standard InChI is InChI=1S/C30H23FN4O4S2/c1-32-29(36)27-22-13-21(18-12-19(16-33-15-18)30-34-23-6-4-5-7-26(23)40-30)24(35(2)41(3,37)38)14-25(22)39-28(27)17-8-10-20(31)11-9-17/h4-16H,1-3H3,(H,32,36). The number of nitrogens with zero attached hydrogens (tertiary/aromatic N) is 3. The number of sulfonamides is 1. The SMILES string of the molecule is CNC(=O)c1c(-c2ccc(F)cc2)oc2cc(N(C)S(C)(=O)=O)c(-c3cncc(-c4nc5ccccc5s4)c3)cc12. The minimum Gasteiger partial charge on any atom is -0.455 e. The normalized spacial score (nSPS) is 11.7. The molecule has 0 unspecified atom stereocenters. The van der Waals surface area contributed by atoms with Crippen molar-refractivity contribution in [3.8, 4) is 33.0 Å². The number of benzene rings is 3. The monoisotopic (exact) mass is 586 g/mol. The lowest BCUT2D eigenvalue weighted by Gasteiger charge is -2.20. The number of pyridine rings is 1. The van der Waals surface area contributed by atoms with E-state index in [0.717, 1.165) is 31.3 Å². The molecule has 0 spiro atoms. The van der Waals surface area contributed by atoms with Crippen LogP contribution in [0, 0.1) is 5.82 Å². The Labute approximate surface area is 239 Å². The molecule has 11 heteroatoms. The number of thiazole rings is 1. The molecule has 0 aliphatic heterocycles. The summed E-state index contributed by atoms with van der Waals surface area (Å²) in [6.07, 6.45) is 4.46. The van der Waals surface area contributed by atoms with Crippen molar-refractivity contribution in [3.63, 3.8) is 0 Å². The van der Waals surface area contributed by atoms with Gasteiger partial charge in [-0.1, -0.05) is 12.1 Å². The zero-order valence-electron chi connectivity index (χ0n) is 22.2. The van der Waals surface area contributed by atoms with Crippen LogP contribution >= 0.6 is 11.3 Å². The number of furan rings is 1. The smallest absolute Gasteiger partial charge is 0.255 e. The lowest BCUT2D eigenvalue weighted by molar-refractivity contribution is 0.0964. The molecule has 6 rings (SSSR count). The number of carbonyl (C=O) groups is 1. The summed E-state index contributed by atoms with van der Waals surface area (Å²) in [5.74, 6) is -0.586. The third kappa shape index (κ3) is 4.83. The molecule has 3 aromatic heterocycles. The summed E-state index contributed by atoms with van der Waals surface area (Å²) in [4.78, 5) is 22.3. The Hall–Kier alpha value is -4.61. The molecule has 41 heavy (non-hydrogen) atoms. The highest BCUT2D eigenvalue weighted by Crippen LogP contribution is 2.42. The third-order valence-electron chi connectivity index (χ3n) is 6.79. The zero-order chi connectivity index (χ0) is 28.9. The fourth-order valence-corrected chi connectivity index (χ4v) is 6.11. The van der Waals surface area contributed by atoms with Crippen LogP contribution in [0.15, 0.2) is 83.5 Å². The topological polar surface area (TPSA) is 105 Å². The van der Waals surface area contributed by atoms with Crippen LogP contribution < -0.4 is 9.62 Å². The zero-order valence-corrected chi connectivity index (χ0v) is 23.8. The van der Waals surface area contributed by atoms with Gasteiger partial charge in [0.15, 0.2) is 0 Å². The molecule has 0 aliphatic carbocycles. The molecule has 0 bridgehead atoms. The van der Waals surface area contributed by atoms with Crippen molar-refractivity contribution in [3.05, 3.63) is 90.5 Å².